The van der Waals surface area contributed by atoms with E-state index in [1.54, 1.807) is 5.57 Å². The number of carbonyl (C=O) groups excluding carboxylic acids is 1. The molecule has 3 heteroatoms. The van der Waals surface area contributed by atoms with E-state index in [1.165, 1.54) is 77.0 Å². The molecule has 8 atom stereocenters. The normalized spacial score (nSPS) is 36.5. The molecule has 0 heterocycles. The van der Waals surface area contributed by atoms with Gasteiger partial charge in [0.15, 0.2) is 0 Å². The lowest BCUT2D eigenvalue weighted by atomic mass is 9.47. The van der Waals surface area contributed by atoms with Crippen LogP contribution in [0.1, 0.15) is 151 Å². The second-order valence-electron chi connectivity index (χ2n) is 15.1. The number of rotatable bonds is 13. The summed E-state index contributed by atoms with van der Waals surface area (Å²) in [5.41, 5.74) is 2.43. The lowest BCUT2D eigenvalue weighted by Gasteiger charge is -2.58. The summed E-state index contributed by atoms with van der Waals surface area (Å²) in [7, 11) is 0. The number of allylic oxidation sites excluding steroid dienone is 1. The largest absolute Gasteiger partial charge is 0.508 e. The first-order valence-corrected chi connectivity index (χ1v) is 17.2. The molecular weight excluding hydrogens is 480 g/mol. The van der Waals surface area contributed by atoms with E-state index >= 15 is 0 Å². The molecule has 39 heavy (non-hydrogen) atoms. The Bertz CT molecular complexity index is 816. The van der Waals surface area contributed by atoms with Gasteiger partial charge in [-0.05, 0) is 97.7 Å². The van der Waals surface area contributed by atoms with Gasteiger partial charge in [0, 0.05) is 6.42 Å². The van der Waals surface area contributed by atoms with E-state index in [0.29, 0.717) is 17.4 Å². The van der Waals surface area contributed by atoms with Crippen molar-refractivity contribution in [3.63, 3.8) is 0 Å². The van der Waals surface area contributed by atoms with Gasteiger partial charge in [0.25, 0.3) is 0 Å². The summed E-state index contributed by atoms with van der Waals surface area (Å²) < 4.78 is 11.3. The van der Waals surface area contributed by atoms with Gasteiger partial charge in [-0.15, -0.1) is 0 Å². The third-order valence-corrected chi connectivity index (χ3v) is 12.2. The van der Waals surface area contributed by atoms with Crippen LogP contribution in [0.2, 0.25) is 0 Å². The molecule has 3 saturated carbocycles. The van der Waals surface area contributed by atoms with Crippen molar-refractivity contribution in [1.29, 1.82) is 0 Å². The third-order valence-electron chi connectivity index (χ3n) is 12.2. The van der Waals surface area contributed by atoms with Crippen LogP contribution < -0.4 is 0 Å². The number of carbonyl (C=O) groups is 1. The molecular formula is C36H62O3. The zero-order valence-electron chi connectivity index (χ0n) is 26.6. The molecule has 4 aliphatic rings. The fraction of sp³-hybridized carbons (Fsp3) is 0.917. The van der Waals surface area contributed by atoms with Gasteiger partial charge in [0.1, 0.15) is 6.10 Å². The molecule has 0 aromatic heterocycles. The van der Waals surface area contributed by atoms with Crippen LogP contribution in [-0.2, 0) is 9.47 Å². The van der Waals surface area contributed by atoms with E-state index in [2.05, 4.69) is 47.6 Å². The van der Waals surface area contributed by atoms with Crippen LogP contribution in [0.25, 0.3) is 0 Å². The average Bonchev–Trinajstić information content (AvgIpc) is 3.25. The summed E-state index contributed by atoms with van der Waals surface area (Å²) in [5, 5.41) is 0. The third kappa shape index (κ3) is 7.09. The maximum atomic E-state index is 12.4. The van der Waals surface area contributed by atoms with Crippen LogP contribution in [-0.4, -0.2) is 18.9 Å². The highest BCUT2D eigenvalue weighted by Gasteiger charge is 2.59. The van der Waals surface area contributed by atoms with E-state index in [4.69, 9.17) is 9.47 Å². The minimum Gasteiger partial charge on any atom is -0.434 e. The zero-order chi connectivity index (χ0) is 28.0. The predicted octanol–water partition coefficient (Wildman–Crippen LogP) is 10.9. The molecule has 4 rings (SSSR count). The highest BCUT2D eigenvalue weighted by Crippen LogP contribution is 2.67. The van der Waals surface area contributed by atoms with Crippen molar-refractivity contribution in [1.82, 2.24) is 0 Å². The topological polar surface area (TPSA) is 35.5 Å². The number of ether oxygens (including phenoxy) is 2. The Kier molecular flexibility index (Phi) is 10.9. The molecule has 224 valence electrons. The summed E-state index contributed by atoms with van der Waals surface area (Å²) in [6.07, 6.45) is 23.6. The zero-order valence-corrected chi connectivity index (χ0v) is 26.6. The van der Waals surface area contributed by atoms with Gasteiger partial charge in [-0.3, -0.25) is 0 Å². The first-order valence-electron chi connectivity index (χ1n) is 17.2. The van der Waals surface area contributed by atoms with Crippen molar-refractivity contribution in [2.24, 2.45) is 46.3 Å². The molecule has 0 bridgehead atoms. The Morgan fingerprint density at radius 3 is 2.46 bits per heavy atom. The first kappa shape index (κ1) is 31.0. The quantitative estimate of drug-likeness (QED) is 0.132. The standard InChI is InChI=1S/C36H62O3/c1-7-8-9-10-11-12-24-38-34(37)39-29-20-22-35(5)28(25-29)16-17-30-32-19-18-31(27(4)15-13-14-26(2)3)36(32,6)23-21-33(30)35/h16,26-27,29-33H,7-15,17-25H2,1-6H3/t27-,29?,30+,31-,32+,33+,35+,36-/m1/s1. The van der Waals surface area contributed by atoms with Gasteiger partial charge in [0.05, 0.1) is 6.61 Å². The number of unbranched alkanes of at least 4 members (excludes halogenated alkanes) is 5. The monoisotopic (exact) mass is 542 g/mol. The van der Waals surface area contributed by atoms with Crippen LogP contribution in [0, 0.1) is 46.3 Å². The van der Waals surface area contributed by atoms with Crippen LogP contribution >= 0.6 is 0 Å². The van der Waals surface area contributed by atoms with Gasteiger partial charge in [0.2, 0.25) is 0 Å². The van der Waals surface area contributed by atoms with E-state index in [9.17, 15) is 4.79 Å². The molecule has 1 unspecified atom stereocenters. The molecule has 3 nitrogen and oxygen atoms in total. The van der Waals surface area contributed by atoms with Crippen molar-refractivity contribution < 1.29 is 14.3 Å². The Hall–Kier alpha value is -0.990. The number of hydrogen-bond acceptors (Lipinski definition) is 3. The molecule has 3 fully saturated rings. The highest BCUT2D eigenvalue weighted by molar-refractivity contribution is 5.60. The minimum atomic E-state index is -0.445. The molecule has 0 amide bonds. The lowest BCUT2D eigenvalue weighted by Crippen LogP contribution is -2.51. The second-order valence-corrected chi connectivity index (χ2v) is 15.1. The molecule has 4 aliphatic carbocycles. The number of fused-ring (bicyclic) bond motifs is 5. The highest BCUT2D eigenvalue weighted by atomic mass is 16.7. The van der Waals surface area contributed by atoms with E-state index in [1.807, 2.05) is 0 Å². The SMILES string of the molecule is CCCCCCCCOC(=O)OC1CC[C@@]2(C)C(=CC[C@H]3[C@@H]4CC[C@H]([C@H](C)CCCC(C)C)[C@@]4(C)CC[C@@H]32)C1. The molecule has 0 aromatic rings. The molecule has 0 spiro atoms. The van der Waals surface area contributed by atoms with Gasteiger partial charge in [-0.2, -0.15) is 0 Å². The Balaban J connectivity index is 1.29. The van der Waals surface area contributed by atoms with Crippen LogP contribution in [0.15, 0.2) is 11.6 Å². The average molecular weight is 543 g/mol. The molecule has 0 aromatic carbocycles. The van der Waals surface area contributed by atoms with Crippen LogP contribution in [0.3, 0.4) is 0 Å². The Morgan fingerprint density at radius 1 is 0.923 bits per heavy atom. The summed E-state index contributed by atoms with van der Waals surface area (Å²) in [6, 6.07) is 0. The molecule has 0 radical (unpaired) electrons. The van der Waals surface area contributed by atoms with Gasteiger partial charge >= 0.3 is 6.16 Å². The van der Waals surface area contributed by atoms with Crippen molar-refractivity contribution >= 4 is 6.16 Å². The molecule has 0 aliphatic heterocycles. The smallest absolute Gasteiger partial charge is 0.434 e. The minimum absolute atomic E-state index is 0.00525. The van der Waals surface area contributed by atoms with E-state index in [-0.39, 0.29) is 6.10 Å². The fourth-order valence-corrected chi connectivity index (χ4v) is 9.96. The van der Waals surface area contributed by atoms with Crippen molar-refractivity contribution in [3.8, 4) is 0 Å². The van der Waals surface area contributed by atoms with Crippen molar-refractivity contribution in [2.75, 3.05) is 6.61 Å². The van der Waals surface area contributed by atoms with Crippen molar-refractivity contribution in [2.45, 2.75) is 157 Å². The summed E-state index contributed by atoms with van der Waals surface area (Å²) in [6.45, 7) is 15.3. The summed E-state index contributed by atoms with van der Waals surface area (Å²) in [5.74, 6) is 5.18. The van der Waals surface area contributed by atoms with Gasteiger partial charge in [-0.25, -0.2) is 4.79 Å². The first-order chi connectivity index (χ1) is 18.7. The fourth-order valence-electron chi connectivity index (χ4n) is 9.96. The van der Waals surface area contributed by atoms with Gasteiger partial charge < -0.3 is 9.47 Å². The molecule has 0 N–H and O–H groups in total. The van der Waals surface area contributed by atoms with E-state index in [0.717, 1.165) is 67.6 Å². The van der Waals surface area contributed by atoms with Crippen LogP contribution in [0.5, 0.6) is 0 Å². The second kappa shape index (κ2) is 13.8. The van der Waals surface area contributed by atoms with Crippen molar-refractivity contribution in [3.05, 3.63) is 11.6 Å². The maximum absolute atomic E-state index is 12.4. The Morgan fingerprint density at radius 2 is 1.69 bits per heavy atom. The number of hydrogen-bond donors (Lipinski definition) is 0. The predicted molar refractivity (Wildman–Crippen MR) is 163 cm³/mol. The molecule has 0 saturated heterocycles. The van der Waals surface area contributed by atoms with Gasteiger partial charge in [-0.1, -0.05) is 105 Å². The summed E-state index contributed by atoms with van der Waals surface area (Å²) in [4.78, 5) is 12.4. The maximum Gasteiger partial charge on any atom is 0.508 e. The Labute approximate surface area is 241 Å². The lowest BCUT2D eigenvalue weighted by molar-refractivity contribution is -0.0617. The van der Waals surface area contributed by atoms with Crippen LogP contribution in [0.4, 0.5) is 4.79 Å². The van der Waals surface area contributed by atoms with E-state index < -0.39 is 6.16 Å². The summed E-state index contributed by atoms with van der Waals surface area (Å²) >= 11 is 0.